The van der Waals surface area contributed by atoms with E-state index in [1.165, 1.54) is 0 Å². The molecule has 0 bridgehead atoms. The Morgan fingerprint density at radius 2 is 1.89 bits per heavy atom. The molecule has 0 radical (unpaired) electrons. The molecule has 0 fully saturated rings. The van der Waals surface area contributed by atoms with E-state index >= 15 is 0 Å². The molecule has 0 aliphatic heterocycles. The Morgan fingerprint density at radius 3 is 2.59 bits per heavy atom. The molecule has 0 aliphatic rings. The van der Waals surface area contributed by atoms with Gasteiger partial charge in [0.1, 0.15) is 0 Å². The van der Waals surface area contributed by atoms with Crippen LogP contribution in [0.2, 0.25) is 5.02 Å². The maximum atomic E-state index is 12.9. The number of pyridine rings is 1. The van der Waals surface area contributed by atoms with Crippen LogP contribution in [-0.2, 0) is 6.54 Å². The van der Waals surface area contributed by atoms with E-state index in [1.807, 2.05) is 73.3 Å². The molecule has 1 amide bonds. The summed E-state index contributed by atoms with van der Waals surface area (Å²) in [7, 11) is 0. The Kier molecular flexibility index (Phi) is 6.09. The number of halogens is 1. The number of amides is 1. The molecule has 1 N–H and O–H groups in total. The minimum Gasteiger partial charge on any atom is -0.354 e. The summed E-state index contributed by atoms with van der Waals surface area (Å²) in [5.41, 5.74) is 4.39. The first-order valence-electron chi connectivity index (χ1n) is 8.88. The van der Waals surface area contributed by atoms with Crippen LogP contribution in [0.4, 0.5) is 11.4 Å². The Balaban J connectivity index is 1.78. The zero-order chi connectivity index (χ0) is 19.2. The molecule has 0 atom stereocenters. The number of nitrogens with zero attached hydrogens (tertiary/aromatic N) is 2. The number of aromatic nitrogens is 1. The standard InChI is InChI=1S/C22H22ClN3O/c1-3-26(15-17-7-5-4-6-8-17)22(27)18-12-20(14-24-13-18)25-21-10-9-19(23)11-16(21)2/h4-14,25H,3,15H2,1-2H3. The van der Waals surface area contributed by atoms with E-state index in [-0.39, 0.29) is 5.91 Å². The summed E-state index contributed by atoms with van der Waals surface area (Å²) in [5, 5.41) is 4.00. The van der Waals surface area contributed by atoms with Crippen molar-refractivity contribution in [2.45, 2.75) is 20.4 Å². The summed E-state index contributed by atoms with van der Waals surface area (Å²) < 4.78 is 0. The number of rotatable bonds is 6. The molecule has 4 nitrogen and oxygen atoms in total. The minimum atomic E-state index is -0.0367. The topological polar surface area (TPSA) is 45.2 Å². The van der Waals surface area contributed by atoms with Gasteiger partial charge in [0.25, 0.3) is 5.91 Å². The first-order chi connectivity index (χ1) is 13.1. The first-order valence-corrected chi connectivity index (χ1v) is 9.26. The lowest BCUT2D eigenvalue weighted by atomic mass is 10.1. The lowest BCUT2D eigenvalue weighted by Gasteiger charge is -2.21. The monoisotopic (exact) mass is 379 g/mol. The number of nitrogens with one attached hydrogen (secondary N) is 1. The minimum absolute atomic E-state index is 0.0367. The number of benzene rings is 2. The van der Waals surface area contributed by atoms with Crippen molar-refractivity contribution in [3.8, 4) is 0 Å². The van der Waals surface area contributed by atoms with Gasteiger partial charge in [-0.1, -0.05) is 41.9 Å². The van der Waals surface area contributed by atoms with E-state index in [9.17, 15) is 4.79 Å². The lowest BCUT2D eigenvalue weighted by Crippen LogP contribution is -2.30. The smallest absolute Gasteiger partial charge is 0.255 e. The number of carbonyl (C=O) groups excluding carboxylic acids is 1. The van der Waals surface area contributed by atoms with Crippen LogP contribution >= 0.6 is 11.6 Å². The molecule has 0 aliphatic carbocycles. The summed E-state index contributed by atoms with van der Waals surface area (Å²) in [6.45, 7) is 5.16. The van der Waals surface area contributed by atoms with Gasteiger partial charge < -0.3 is 10.2 Å². The average Bonchev–Trinajstić information content (AvgIpc) is 2.69. The van der Waals surface area contributed by atoms with Gasteiger partial charge in [0, 0.05) is 30.0 Å². The molecule has 2 aromatic carbocycles. The molecule has 0 saturated carbocycles. The highest BCUT2D eigenvalue weighted by Crippen LogP contribution is 2.24. The molecular formula is C22H22ClN3O. The number of anilines is 2. The molecule has 3 rings (SSSR count). The van der Waals surface area contributed by atoms with E-state index in [0.29, 0.717) is 23.7 Å². The fraction of sp³-hybridized carbons (Fsp3) is 0.182. The van der Waals surface area contributed by atoms with Gasteiger partial charge in [0.2, 0.25) is 0 Å². The fourth-order valence-electron chi connectivity index (χ4n) is 2.86. The van der Waals surface area contributed by atoms with Crippen molar-refractivity contribution in [2.75, 3.05) is 11.9 Å². The Labute approximate surface area is 164 Å². The highest BCUT2D eigenvalue weighted by atomic mass is 35.5. The highest BCUT2D eigenvalue weighted by molar-refractivity contribution is 6.30. The molecule has 0 saturated heterocycles. The normalized spacial score (nSPS) is 10.5. The molecule has 3 aromatic rings. The van der Waals surface area contributed by atoms with E-state index in [0.717, 1.165) is 22.5 Å². The quantitative estimate of drug-likeness (QED) is 0.619. The van der Waals surface area contributed by atoms with Gasteiger partial charge in [-0.2, -0.15) is 0 Å². The Morgan fingerprint density at radius 1 is 1.11 bits per heavy atom. The molecule has 0 spiro atoms. The SMILES string of the molecule is CCN(Cc1ccccc1)C(=O)c1cncc(Nc2ccc(Cl)cc2C)c1. The van der Waals surface area contributed by atoms with Gasteiger partial charge in [-0.05, 0) is 49.2 Å². The lowest BCUT2D eigenvalue weighted by molar-refractivity contribution is 0.0752. The van der Waals surface area contributed by atoms with Crippen LogP contribution in [0.5, 0.6) is 0 Å². The second-order valence-corrected chi connectivity index (χ2v) is 6.79. The highest BCUT2D eigenvalue weighted by Gasteiger charge is 2.15. The van der Waals surface area contributed by atoms with Crippen molar-refractivity contribution in [1.29, 1.82) is 0 Å². The van der Waals surface area contributed by atoms with E-state index in [2.05, 4.69) is 10.3 Å². The molecule has 27 heavy (non-hydrogen) atoms. The van der Waals surface area contributed by atoms with Crippen LogP contribution in [0.3, 0.4) is 0 Å². The molecule has 5 heteroatoms. The van der Waals surface area contributed by atoms with Crippen LogP contribution < -0.4 is 5.32 Å². The van der Waals surface area contributed by atoms with Crippen LogP contribution in [0.1, 0.15) is 28.4 Å². The van der Waals surface area contributed by atoms with Crippen LogP contribution in [0.25, 0.3) is 0 Å². The maximum absolute atomic E-state index is 12.9. The van der Waals surface area contributed by atoms with E-state index in [4.69, 9.17) is 11.6 Å². The van der Waals surface area contributed by atoms with Crippen molar-refractivity contribution >= 4 is 28.9 Å². The summed E-state index contributed by atoms with van der Waals surface area (Å²) in [6, 6.07) is 17.5. The third-order valence-corrected chi connectivity index (χ3v) is 4.57. The Bertz CT molecular complexity index is 928. The third kappa shape index (κ3) is 4.86. The fourth-order valence-corrected chi connectivity index (χ4v) is 3.09. The van der Waals surface area contributed by atoms with Gasteiger partial charge in [0.05, 0.1) is 17.4 Å². The molecule has 0 unspecified atom stereocenters. The molecule has 138 valence electrons. The van der Waals surface area contributed by atoms with Crippen molar-refractivity contribution in [3.63, 3.8) is 0 Å². The largest absolute Gasteiger partial charge is 0.354 e. The number of carbonyl (C=O) groups is 1. The van der Waals surface area contributed by atoms with Crippen LogP contribution in [-0.4, -0.2) is 22.3 Å². The third-order valence-electron chi connectivity index (χ3n) is 4.34. The van der Waals surface area contributed by atoms with Crippen molar-refractivity contribution < 1.29 is 4.79 Å². The van der Waals surface area contributed by atoms with Gasteiger partial charge in [-0.15, -0.1) is 0 Å². The zero-order valence-corrected chi connectivity index (χ0v) is 16.2. The van der Waals surface area contributed by atoms with Gasteiger partial charge >= 0.3 is 0 Å². The predicted octanol–water partition coefficient (Wildman–Crippen LogP) is 5.45. The van der Waals surface area contributed by atoms with Crippen molar-refractivity contribution in [3.05, 3.63) is 88.7 Å². The van der Waals surface area contributed by atoms with E-state index in [1.54, 1.807) is 12.4 Å². The summed E-state index contributed by atoms with van der Waals surface area (Å²) in [4.78, 5) is 19.0. The second-order valence-electron chi connectivity index (χ2n) is 6.35. The summed E-state index contributed by atoms with van der Waals surface area (Å²) in [5.74, 6) is -0.0367. The van der Waals surface area contributed by atoms with Crippen molar-refractivity contribution in [2.24, 2.45) is 0 Å². The molecule has 1 aromatic heterocycles. The van der Waals surface area contributed by atoms with E-state index < -0.39 is 0 Å². The van der Waals surface area contributed by atoms with Crippen molar-refractivity contribution in [1.82, 2.24) is 9.88 Å². The van der Waals surface area contributed by atoms with Crippen LogP contribution in [0, 0.1) is 6.92 Å². The summed E-state index contributed by atoms with van der Waals surface area (Å²) >= 11 is 6.01. The van der Waals surface area contributed by atoms with Crippen LogP contribution in [0.15, 0.2) is 67.0 Å². The molecule has 1 heterocycles. The maximum Gasteiger partial charge on any atom is 0.255 e. The number of hydrogen-bond acceptors (Lipinski definition) is 3. The Hall–Kier alpha value is -2.85. The number of hydrogen-bond donors (Lipinski definition) is 1. The van der Waals surface area contributed by atoms with Gasteiger partial charge in [-0.25, -0.2) is 0 Å². The average molecular weight is 380 g/mol. The summed E-state index contributed by atoms with van der Waals surface area (Å²) in [6.07, 6.45) is 3.31. The first kappa shape index (κ1) is 18.9. The predicted molar refractivity (Wildman–Crippen MR) is 111 cm³/mol. The second kappa shape index (κ2) is 8.69. The van der Waals surface area contributed by atoms with Gasteiger partial charge in [-0.3, -0.25) is 9.78 Å². The van der Waals surface area contributed by atoms with Gasteiger partial charge in [0.15, 0.2) is 0 Å². The zero-order valence-electron chi connectivity index (χ0n) is 15.4. The number of aryl methyl sites for hydroxylation is 1. The molecular weight excluding hydrogens is 358 g/mol.